The molecule has 3 amide bonds. The van der Waals surface area contributed by atoms with Gasteiger partial charge in [-0.3, -0.25) is 19.3 Å². The third-order valence-electron chi connectivity index (χ3n) is 8.46. The van der Waals surface area contributed by atoms with Crippen molar-refractivity contribution in [3.63, 3.8) is 0 Å². The van der Waals surface area contributed by atoms with Crippen molar-refractivity contribution in [1.29, 1.82) is 0 Å². The Labute approximate surface area is 197 Å². The van der Waals surface area contributed by atoms with Crippen LogP contribution >= 0.6 is 0 Å². The zero-order valence-corrected chi connectivity index (χ0v) is 19.0. The first kappa shape index (κ1) is 19.9. The lowest BCUT2D eigenvalue weighted by atomic mass is 9.75. The van der Waals surface area contributed by atoms with Crippen LogP contribution in [0.3, 0.4) is 0 Å². The quantitative estimate of drug-likeness (QED) is 0.602. The van der Waals surface area contributed by atoms with Gasteiger partial charge in [0.05, 0.1) is 17.5 Å². The molecule has 4 aliphatic rings. The van der Waals surface area contributed by atoms with Crippen molar-refractivity contribution < 1.29 is 14.4 Å². The maximum absolute atomic E-state index is 14.1. The van der Waals surface area contributed by atoms with Gasteiger partial charge in [-0.1, -0.05) is 49.4 Å². The molecule has 0 aliphatic carbocycles. The van der Waals surface area contributed by atoms with Crippen molar-refractivity contribution in [1.82, 2.24) is 4.90 Å². The highest BCUT2D eigenvalue weighted by Gasteiger charge is 2.74. The fraction of sp³-hybridized carbons (Fsp3) is 0.321. The summed E-state index contributed by atoms with van der Waals surface area (Å²) in [5, 5.41) is 5.09. The zero-order chi connectivity index (χ0) is 23.2. The summed E-state index contributed by atoms with van der Waals surface area (Å²) < 4.78 is 0. The van der Waals surface area contributed by atoms with E-state index < -0.39 is 17.4 Å². The molecule has 1 spiro atoms. The number of hydrogen-bond acceptors (Lipinski definition) is 4. The van der Waals surface area contributed by atoms with Crippen molar-refractivity contribution in [3.8, 4) is 0 Å². The van der Waals surface area contributed by atoms with Crippen LogP contribution in [0.4, 0.5) is 11.4 Å². The number of benzene rings is 3. The maximum atomic E-state index is 14.1. The Bertz CT molecular complexity index is 1420. The summed E-state index contributed by atoms with van der Waals surface area (Å²) in [5.74, 6) is -1.83. The molecule has 6 nitrogen and oxygen atoms in total. The Morgan fingerprint density at radius 3 is 2.62 bits per heavy atom. The van der Waals surface area contributed by atoms with E-state index >= 15 is 0 Å². The molecule has 0 saturated carbocycles. The van der Waals surface area contributed by atoms with Gasteiger partial charge in [0.15, 0.2) is 0 Å². The Kier molecular flexibility index (Phi) is 3.96. The molecular weight excluding hydrogens is 426 g/mol. The van der Waals surface area contributed by atoms with E-state index in [2.05, 4.69) is 23.2 Å². The third-order valence-corrected chi connectivity index (χ3v) is 8.46. The molecule has 4 heterocycles. The average molecular weight is 452 g/mol. The second-order valence-corrected chi connectivity index (χ2v) is 9.90. The van der Waals surface area contributed by atoms with E-state index in [9.17, 15) is 14.4 Å². The molecule has 4 unspecified atom stereocenters. The fourth-order valence-electron chi connectivity index (χ4n) is 7.04. The summed E-state index contributed by atoms with van der Waals surface area (Å²) in [5.41, 5.74) is 2.21. The predicted molar refractivity (Wildman–Crippen MR) is 129 cm³/mol. The second-order valence-electron chi connectivity index (χ2n) is 9.90. The smallest absolute Gasteiger partial charge is 0.250 e. The number of nitrogens with one attached hydrogen (secondary N) is 1. The molecule has 3 fully saturated rings. The monoisotopic (exact) mass is 451 g/mol. The molecule has 4 atom stereocenters. The van der Waals surface area contributed by atoms with Gasteiger partial charge in [0.2, 0.25) is 17.7 Å². The zero-order valence-electron chi connectivity index (χ0n) is 19.0. The Morgan fingerprint density at radius 2 is 1.79 bits per heavy atom. The molecular formula is C28H25N3O3. The summed E-state index contributed by atoms with van der Waals surface area (Å²) in [6, 6.07) is 19.5. The van der Waals surface area contributed by atoms with Crippen LogP contribution in [0, 0.1) is 11.8 Å². The predicted octanol–water partition coefficient (Wildman–Crippen LogP) is 3.83. The molecule has 6 heteroatoms. The number of fused-ring (bicyclic) bond motifs is 8. The molecule has 0 aromatic heterocycles. The van der Waals surface area contributed by atoms with E-state index in [1.807, 2.05) is 54.6 Å². The van der Waals surface area contributed by atoms with Crippen molar-refractivity contribution in [2.24, 2.45) is 11.8 Å². The van der Waals surface area contributed by atoms with E-state index in [0.717, 1.165) is 53.4 Å². The summed E-state index contributed by atoms with van der Waals surface area (Å²) in [6.45, 7) is 2.80. The Morgan fingerprint density at radius 1 is 0.971 bits per heavy atom. The van der Waals surface area contributed by atoms with E-state index in [-0.39, 0.29) is 23.8 Å². The van der Waals surface area contributed by atoms with Gasteiger partial charge in [-0.05, 0) is 60.3 Å². The maximum Gasteiger partial charge on any atom is 0.250 e. The highest BCUT2D eigenvalue weighted by Crippen LogP contribution is 2.60. The second kappa shape index (κ2) is 6.76. The molecule has 3 saturated heterocycles. The van der Waals surface area contributed by atoms with Gasteiger partial charge < -0.3 is 5.32 Å². The Balaban J connectivity index is 1.41. The van der Waals surface area contributed by atoms with E-state index in [1.165, 1.54) is 4.90 Å². The first-order valence-electron chi connectivity index (χ1n) is 12.1. The SMILES string of the molecule is CCc1ccc2c(c1)C1(C(=O)N2)C2C(=O)N(c3ccc4ccccc4c3)C(=O)C2C2CCCN21. The lowest BCUT2D eigenvalue weighted by Gasteiger charge is -2.36. The third kappa shape index (κ3) is 2.27. The molecule has 34 heavy (non-hydrogen) atoms. The van der Waals surface area contributed by atoms with Crippen molar-refractivity contribution in [2.45, 2.75) is 37.8 Å². The van der Waals surface area contributed by atoms with Crippen LogP contribution in [0.25, 0.3) is 10.8 Å². The van der Waals surface area contributed by atoms with Crippen molar-refractivity contribution in [2.75, 3.05) is 16.8 Å². The molecule has 0 bridgehead atoms. The Hall–Kier alpha value is -3.51. The molecule has 7 rings (SSSR count). The van der Waals surface area contributed by atoms with Crippen molar-refractivity contribution in [3.05, 3.63) is 71.8 Å². The molecule has 3 aromatic rings. The molecule has 4 aliphatic heterocycles. The number of amides is 3. The summed E-state index contributed by atoms with van der Waals surface area (Å²) >= 11 is 0. The van der Waals surface area contributed by atoms with Crippen LogP contribution in [0.5, 0.6) is 0 Å². The number of anilines is 2. The first-order chi connectivity index (χ1) is 16.6. The number of nitrogens with zero attached hydrogens (tertiary/aromatic N) is 2. The van der Waals surface area contributed by atoms with Crippen LogP contribution in [-0.2, 0) is 26.3 Å². The van der Waals surface area contributed by atoms with Gasteiger partial charge in [-0.2, -0.15) is 0 Å². The van der Waals surface area contributed by atoms with E-state index in [1.54, 1.807) is 0 Å². The number of carbonyl (C=O) groups is 3. The molecule has 1 N–H and O–H groups in total. The van der Waals surface area contributed by atoms with Crippen LogP contribution < -0.4 is 10.2 Å². The number of imide groups is 1. The lowest BCUT2D eigenvalue weighted by molar-refractivity contribution is -0.135. The van der Waals surface area contributed by atoms with Crippen LogP contribution in [-0.4, -0.2) is 35.2 Å². The lowest BCUT2D eigenvalue weighted by Crippen LogP contribution is -2.54. The largest absolute Gasteiger partial charge is 0.324 e. The van der Waals surface area contributed by atoms with E-state index in [4.69, 9.17) is 0 Å². The highest BCUT2D eigenvalue weighted by molar-refractivity contribution is 6.26. The fourth-order valence-corrected chi connectivity index (χ4v) is 7.04. The van der Waals surface area contributed by atoms with Gasteiger partial charge in [0.1, 0.15) is 5.54 Å². The summed E-state index contributed by atoms with van der Waals surface area (Å²) in [6.07, 6.45) is 2.58. The number of hydrogen-bond donors (Lipinski definition) is 1. The number of aryl methyl sites for hydroxylation is 1. The number of rotatable bonds is 2. The standard InChI is InChI=1S/C28H25N3O3/c1-2-16-9-12-21-20(14-16)28(27(34)29-21)24-23(22-8-5-13-30(22)28)25(32)31(26(24)33)19-11-10-17-6-3-4-7-18(17)15-19/h3-4,6-7,9-12,14-15,22-24H,2,5,8,13H2,1H3,(H,29,34). The summed E-state index contributed by atoms with van der Waals surface area (Å²) in [4.78, 5) is 45.3. The highest BCUT2D eigenvalue weighted by atomic mass is 16.2. The van der Waals surface area contributed by atoms with Gasteiger partial charge >= 0.3 is 0 Å². The average Bonchev–Trinajstić information content (AvgIpc) is 3.56. The first-order valence-corrected chi connectivity index (χ1v) is 12.1. The van der Waals surface area contributed by atoms with Crippen LogP contribution in [0.15, 0.2) is 60.7 Å². The van der Waals surface area contributed by atoms with Crippen LogP contribution in [0.2, 0.25) is 0 Å². The normalized spacial score (nSPS) is 29.7. The topological polar surface area (TPSA) is 69.7 Å². The minimum atomic E-state index is -1.12. The molecule has 3 aromatic carbocycles. The summed E-state index contributed by atoms with van der Waals surface area (Å²) in [7, 11) is 0. The van der Waals surface area contributed by atoms with E-state index in [0.29, 0.717) is 5.69 Å². The number of carbonyl (C=O) groups excluding carboxylic acids is 3. The van der Waals surface area contributed by atoms with Crippen molar-refractivity contribution >= 4 is 39.9 Å². The minimum absolute atomic E-state index is 0.103. The molecule has 170 valence electrons. The van der Waals surface area contributed by atoms with Gasteiger partial charge in [-0.25, -0.2) is 4.90 Å². The van der Waals surface area contributed by atoms with Gasteiger partial charge in [0, 0.05) is 17.3 Å². The van der Waals surface area contributed by atoms with Gasteiger partial charge in [0.25, 0.3) is 0 Å². The van der Waals surface area contributed by atoms with Gasteiger partial charge in [-0.15, -0.1) is 0 Å². The molecule has 0 radical (unpaired) electrons. The van der Waals surface area contributed by atoms with Crippen LogP contribution in [0.1, 0.15) is 30.9 Å². The minimum Gasteiger partial charge on any atom is -0.324 e.